The lowest BCUT2D eigenvalue weighted by molar-refractivity contribution is 0.102. The first-order valence-electron chi connectivity index (χ1n) is 7.48. The van der Waals surface area contributed by atoms with Gasteiger partial charge in [-0.05, 0) is 60.7 Å². The molecular weight excluding hydrogens is 298 g/mol. The molecule has 0 aliphatic rings. The number of amides is 1. The van der Waals surface area contributed by atoms with Gasteiger partial charge in [-0.2, -0.15) is 5.26 Å². The average molecular weight is 313 g/mol. The number of hydrogen-bond acceptors (Lipinski definition) is 3. The largest absolute Gasteiger partial charge is 0.356 e. The molecule has 1 amide bonds. The third-order valence-electron chi connectivity index (χ3n) is 3.48. The normalized spacial score (nSPS) is 9.79. The summed E-state index contributed by atoms with van der Waals surface area (Å²) in [5, 5.41) is 14.9. The van der Waals surface area contributed by atoms with E-state index in [9.17, 15) is 4.79 Å². The molecule has 0 aliphatic heterocycles. The summed E-state index contributed by atoms with van der Waals surface area (Å²) in [4.78, 5) is 12.1. The highest BCUT2D eigenvalue weighted by atomic mass is 16.1. The molecule has 0 spiro atoms. The molecule has 3 aromatic rings. The number of nitrogens with zero attached hydrogens (tertiary/aromatic N) is 1. The van der Waals surface area contributed by atoms with E-state index in [0.717, 1.165) is 17.1 Å². The SMILES string of the molecule is N#Cc1ccc(Nc2ccc(NC(=O)c3ccccc3)cc2)cc1. The second-order valence-electron chi connectivity index (χ2n) is 5.21. The maximum absolute atomic E-state index is 12.1. The third-order valence-corrected chi connectivity index (χ3v) is 3.48. The molecule has 3 aromatic carbocycles. The van der Waals surface area contributed by atoms with Crippen molar-refractivity contribution in [3.8, 4) is 6.07 Å². The Morgan fingerprint density at radius 1 is 0.750 bits per heavy atom. The molecule has 0 heterocycles. The van der Waals surface area contributed by atoms with Crippen LogP contribution in [-0.4, -0.2) is 5.91 Å². The highest BCUT2D eigenvalue weighted by Gasteiger charge is 2.05. The van der Waals surface area contributed by atoms with Crippen molar-refractivity contribution >= 4 is 23.0 Å². The lowest BCUT2D eigenvalue weighted by Gasteiger charge is -2.09. The van der Waals surface area contributed by atoms with Gasteiger partial charge in [0, 0.05) is 22.6 Å². The van der Waals surface area contributed by atoms with Crippen molar-refractivity contribution in [1.29, 1.82) is 5.26 Å². The summed E-state index contributed by atoms with van der Waals surface area (Å²) in [5.41, 5.74) is 3.78. The highest BCUT2D eigenvalue weighted by molar-refractivity contribution is 6.04. The van der Waals surface area contributed by atoms with Gasteiger partial charge in [0.25, 0.3) is 5.91 Å². The molecule has 0 radical (unpaired) electrons. The zero-order valence-electron chi connectivity index (χ0n) is 12.9. The van der Waals surface area contributed by atoms with Crippen LogP contribution in [-0.2, 0) is 0 Å². The Balaban J connectivity index is 1.65. The Kier molecular flexibility index (Phi) is 4.55. The van der Waals surface area contributed by atoms with Crippen LogP contribution in [0.2, 0.25) is 0 Å². The Hall–Kier alpha value is -3.58. The van der Waals surface area contributed by atoms with Gasteiger partial charge in [-0.15, -0.1) is 0 Å². The van der Waals surface area contributed by atoms with Crippen molar-refractivity contribution in [2.75, 3.05) is 10.6 Å². The number of rotatable bonds is 4. The molecule has 4 heteroatoms. The van der Waals surface area contributed by atoms with Crippen molar-refractivity contribution in [3.05, 3.63) is 90.0 Å². The lowest BCUT2D eigenvalue weighted by Crippen LogP contribution is -2.11. The topological polar surface area (TPSA) is 64.9 Å². The minimum absolute atomic E-state index is 0.136. The van der Waals surface area contributed by atoms with Crippen molar-refractivity contribution in [2.45, 2.75) is 0 Å². The molecule has 3 rings (SSSR count). The molecule has 0 saturated heterocycles. The number of benzene rings is 3. The molecule has 24 heavy (non-hydrogen) atoms. The van der Waals surface area contributed by atoms with Gasteiger partial charge < -0.3 is 10.6 Å². The fourth-order valence-electron chi connectivity index (χ4n) is 2.22. The Morgan fingerprint density at radius 3 is 1.88 bits per heavy atom. The van der Waals surface area contributed by atoms with Crippen LogP contribution in [0.4, 0.5) is 17.1 Å². The van der Waals surface area contributed by atoms with E-state index in [0.29, 0.717) is 11.1 Å². The first-order valence-corrected chi connectivity index (χ1v) is 7.48. The number of hydrogen-bond donors (Lipinski definition) is 2. The molecule has 0 aliphatic carbocycles. The second-order valence-corrected chi connectivity index (χ2v) is 5.21. The van der Waals surface area contributed by atoms with Crippen molar-refractivity contribution in [3.63, 3.8) is 0 Å². The van der Waals surface area contributed by atoms with Crippen LogP contribution in [0.5, 0.6) is 0 Å². The van der Waals surface area contributed by atoms with E-state index in [4.69, 9.17) is 5.26 Å². The zero-order valence-corrected chi connectivity index (χ0v) is 12.9. The summed E-state index contributed by atoms with van der Waals surface area (Å²) < 4.78 is 0. The van der Waals surface area contributed by atoms with Gasteiger partial charge in [-0.3, -0.25) is 4.79 Å². The van der Waals surface area contributed by atoms with E-state index in [1.165, 1.54) is 0 Å². The summed E-state index contributed by atoms with van der Waals surface area (Å²) in [6, 6.07) is 25.9. The van der Waals surface area contributed by atoms with Gasteiger partial charge in [-0.25, -0.2) is 0 Å². The monoisotopic (exact) mass is 313 g/mol. The first kappa shape index (κ1) is 15.3. The fourth-order valence-corrected chi connectivity index (χ4v) is 2.22. The van der Waals surface area contributed by atoms with Crippen molar-refractivity contribution in [2.24, 2.45) is 0 Å². The Labute approximate surface area is 140 Å². The first-order chi connectivity index (χ1) is 11.7. The van der Waals surface area contributed by atoms with Crippen LogP contribution in [0.25, 0.3) is 0 Å². The predicted octanol–water partition coefficient (Wildman–Crippen LogP) is 4.55. The van der Waals surface area contributed by atoms with E-state index in [-0.39, 0.29) is 5.91 Å². The van der Waals surface area contributed by atoms with E-state index in [2.05, 4.69) is 16.7 Å². The maximum atomic E-state index is 12.1. The van der Waals surface area contributed by atoms with Crippen molar-refractivity contribution in [1.82, 2.24) is 0 Å². The van der Waals surface area contributed by atoms with Crippen LogP contribution < -0.4 is 10.6 Å². The fraction of sp³-hybridized carbons (Fsp3) is 0. The number of anilines is 3. The molecular formula is C20H15N3O. The van der Waals surface area contributed by atoms with Crippen LogP contribution in [0.15, 0.2) is 78.9 Å². The number of carbonyl (C=O) groups excluding carboxylic acids is 1. The maximum Gasteiger partial charge on any atom is 0.255 e. The van der Waals surface area contributed by atoms with E-state index in [1.807, 2.05) is 54.6 Å². The van der Waals surface area contributed by atoms with Gasteiger partial charge in [0.05, 0.1) is 11.6 Å². The molecule has 0 fully saturated rings. The van der Waals surface area contributed by atoms with E-state index >= 15 is 0 Å². The molecule has 0 bridgehead atoms. The number of nitriles is 1. The predicted molar refractivity (Wildman–Crippen MR) is 95.3 cm³/mol. The molecule has 116 valence electrons. The smallest absolute Gasteiger partial charge is 0.255 e. The average Bonchev–Trinajstić information content (AvgIpc) is 2.65. The molecule has 0 atom stereocenters. The zero-order chi connectivity index (χ0) is 16.8. The van der Waals surface area contributed by atoms with Gasteiger partial charge in [0.2, 0.25) is 0 Å². The highest BCUT2D eigenvalue weighted by Crippen LogP contribution is 2.19. The second kappa shape index (κ2) is 7.12. The quantitative estimate of drug-likeness (QED) is 0.742. The summed E-state index contributed by atoms with van der Waals surface area (Å²) >= 11 is 0. The van der Waals surface area contributed by atoms with E-state index < -0.39 is 0 Å². The van der Waals surface area contributed by atoms with E-state index in [1.54, 1.807) is 24.3 Å². The van der Waals surface area contributed by atoms with Gasteiger partial charge in [-0.1, -0.05) is 18.2 Å². The van der Waals surface area contributed by atoms with Crippen LogP contribution in [0, 0.1) is 11.3 Å². The molecule has 2 N–H and O–H groups in total. The molecule has 0 saturated carbocycles. The third kappa shape index (κ3) is 3.79. The summed E-state index contributed by atoms with van der Waals surface area (Å²) in [6.07, 6.45) is 0. The lowest BCUT2D eigenvalue weighted by atomic mass is 10.2. The van der Waals surface area contributed by atoms with Crippen LogP contribution >= 0.6 is 0 Å². The number of nitrogens with one attached hydrogen (secondary N) is 2. The molecule has 0 aromatic heterocycles. The summed E-state index contributed by atoms with van der Waals surface area (Å²) in [7, 11) is 0. The van der Waals surface area contributed by atoms with Gasteiger partial charge in [0.1, 0.15) is 0 Å². The van der Waals surface area contributed by atoms with Crippen LogP contribution in [0.3, 0.4) is 0 Å². The minimum Gasteiger partial charge on any atom is -0.356 e. The number of carbonyl (C=O) groups is 1. The van der Waals surface area contributed by atoms with Gasteiger partial charge >= 0.3 is 0 Å². The molecule has 4 nitrogen and oxygen atoms in total. The molecule has 0 unspecified atom stereocenters. The summed E-state index contributed by atoms with van der Waals surface area (Å²) in [6.45, 7) is 0. The summed E-state index contributed by atoms with van der Waals surface area (Å²) in [5.74, 6) is -0.136. The van der Waals surface area contributed by atoms with Gasteiger partial charge in [0.15, 0.2) is 0 Å². The Morgan fingerprint density at radius 2 is 1.29 bits per heavy atom. The minimum atomic E-state index is -0.136. The Bertz CT molecular complexity index is 864. The van der Waals surface area contributed by atoms with Crippen LogP contribution in [0.1, 0.15) is 15.9 Å². The standard InChI is InChI=1S/C20H15N3O/c21-14-15-6-8-17(9-7-15)22-18-10-12-19(13-11-18)23-20(24)16-4-2-1-3-5-16/h1-13,22H,(H,23,24). The van der Waals surface area contributed by atoms with Crippen molar-refractivity contribution < 1.29 is 4.79 Å².